The summed E-state index contributed by atoms with van der Waals surface area (Å²) in [7, 11) is 0. The maximum absolute atomic E-state index is 5.39. The molecule has 0 radical (unpaired) electrons. The van der Waals surface area contributed by atoms with Gasteiger partial charge in [-0.3, -0.25) is 0 Å². The molecule has 68 valence electrons. The number of nitrogens with zero attached hydrogens (tertiary/aromatic N) is 2. The van der Waals surface area contributed by atoms with E-state index in [0.29, 0.717) is 5.84 Å². The van der Waals surface area contributed by atoms with Crippen LogP contribution in [-0.2, 0) is 0 Å². The normalized spacial score (nSPS) is 29.3. The van der Waals surface area contributed by atoms with E-state index in [1.54, 1.807) is 6.92 Å². The molecule has 1 aliphatic rings. The molecule has 0 aromatic carbocycles. The first-order valence-corrected chi connectivity index (χ1v) is 4.54. The zero-order chi connectivity index (χ0) is 8.97. The molecule has 0 unspecified atom stereocenters. The quantitative estimate of drug-likeness (QED) is 0.362. The van der Waals surface area contributed by atoms with E-state index in [1.165, 1.54) is 18.6 Å². The molecule has 0 aromatic heterocycles. The molecule has 3 heteroatoms. The lowest BCUT2D eigenvalue weighted by molar-refractivity contribution is 0.499. The molecule has 0 bridgehead atoms. The van der Waals surface area contributed by atoms with Gasteiger partial charge in [0, 0.05) is 5.71 Å². The van der Waals surface area contributed by atoms with Gasteiger partial charge in [-0.05, 0) is 38.5 Å². The highest BCUT2D eigenvalue weighted by molar-refractivity contribution is 5.86. The minimum Gasteiger partial charge on any atom is -0.386 e. The van der Waals surface area contributed by atoms with E-state index in [0.717, 1.165) is 18.8 Å². The van der Waals surface area contributed by atoms with Gasteiger partial charge in [0.05, 0.1) is 0 Å². The molecule has 0 amide bonds. The molecule has 0 aromatic rings. The van der Waals surface area contributed by atoms with Gasteiger partial charge in [-0.1, -0.05) is 6.92 Å². The lowest BCUT2D eigenvalue weighted by atomic mass is 9.89. The molecule has 1 rings (SSSR count). The van der Waals surface area contributed by atoms with Crippen molar-refractivity contribution in [2.45, 2.75) is 39.5 Å². The van der Waals surface area contributed by atoms with Crippen molar-refractivity contribution >= 4 is 11.5 Å². The first kappa shape index (κ1) is 9.23. The predicted octanol–water partition coefficient (Wildman–Crippen LogP) is 1.93. The van der Waals surface area contributed by atoms with Gasteiger partial charge in [0.15, 0.2) is 0 Å². The minimum atomic E-state index is 0.542. The van der Waals surface area contributed by atoms with E-state index in [2.05, 4.69) is 17.1 Å². The van der Waals surface area contributed by atoms with Crippen LogP contribution in [0, 0.1) is 5.92 Å². The highest BCUT2D eigenvalue weighted by Crippen LogP contribution is 2.21. The van der Waals surface area contributed by atoms with Gasteiger partial charge in [0.25, 0.3) is 0 Å². The van der Waals surface area contributed by atoms with Crippen molar-refractivity contribution in [1.82, 2.24) is 0 Å². The lowest BCUT2D eigenvalue weighted by Gasteiger charge is -2.17. The summed E-state index contributed by atoms with van der Waals surface area (Å²) in [6.45, 7) is 4.02. The van der Waals surface area contributed by atoms with Crippen molar-refractivity contribution < 1.29 is 0 Å². The van der Waals surface area contributed by atoms with E-state index in [-0.39, 0.29) is 0 Å². The third-order valence-corrected chi connectivity index (χ3v) is 2.10. The highest BCUT2D eigenvalue weighted by Gasteiger charge is 2.13. The van der Waals surface area contributed by atoms with Crippen LogP contribution < -0.4 is 5.73 Å². The van der Waals surface area contributed by atoms with Crippen molar-refractivity contribution in [3.05, 3.63) is 0 Å². The molecular weight excluding hydrogens is 150 g/mol. The monoisotopic (exact) mass is 167 g/mol. The van der Waals surface area contributed by atoms with Gasteiger partial charge in [-0.2, -0.15) is 5.10 Å². The van der Waals surface area contributed by atoms with E-state index in [4.69, 9.17) is 5.73 Å². The van der Waals surface area contributed by atoms with Crippen LogP contribution in [0.2, 0.25) is 0 Å². The summed E-state index contributed by atoms with van der Waals surface area (Å²) < 4.78 is 0. The van der Waals surface area contributed by atoms with Crippen LogP contribution in [0.25, 0.3) is 0 Å². The van der Waals surface area contributed by atoms with Crippen molar-refractivity contribution in [3.63, 3.8) is 0 Å². The molecule has 0 spiro atoms. The van der Waals surface area contributed by atoms with Gasteiger partial charge >= 0.3 is 0 Å². The zero-order valence-electron chi connectivity index (χ0n) is 7.88. The van der Waals surface area contributed by atoms with Crippen LogP contribution in [-0.4, -0.2) is 11.5 Å². The summed E-state index contributed by atoms with van der Waals surface area (Å²) in [5.41, 5.74) is 6.59. The first-order valence-electron chi connectivity index (χ1n) is 4.54. The maximum atomic E-state index is 5.39. The smallest absolute Gasteiger partial charge is 0.119 e. The lowest BCUT2D eigenvalue weighted by Crippen LogP contribution is -2.13. The van der Waals surface area contributed by atoms with Crippen molar-refractivity contribution in [1.29, 1.82) is 0 Å². The maximum Gasteiger partial charge on any atom is 0.119 e. The average molecular weight is 167 g/mol. The Morgan fingerprint density at radius 2 is 2.33 bits per heavy atom. The summed E-state index contributed by atoms with van der Waals surface area (Å²) in [6, 6.07) is 0. The second kappa shape index (κ2) is 4.24. The number of amidine groups is 1. The Labute approximate surface area is 73.8 Å². The van der Waals surface area contributed by atoms with Gasteiger partial charge in [-0.15, -0.1) is 5.10 Å². The number of rotatable bonds is 1. The van der Waals surface area contributed by atoms with Crippen LogP contribution in [0.15, 0.2) is 10.2 Å². The van der Waals surface area contributed by atoms with E-state index < -0.39 is 0 Å². The van der Waals surface area contributed by atoms with Gasteiger partial charge in [-0.25, -0.2) is 0 Å². The van der Waals surface area contributed by atoms with Crippen molar-refractivity contribution in [2.75, 3.05) is 0 Å². The van der Waals surface area contributed by atoms with Crippen LogP contribution in [0.4, 0.5) is 0 Å². The zero-order valence-corrected chi connectivity index (χ0v) is 7.88. The highest BCUT2D eigenvalue weighted by atomic mass is 15.2. The fraction of sp³-hybridized carbons (Fsp3) is 0.778. The summed E-state index contributed by atoms with van der Waals surface area (Å²) in [6.07, 6.45) is 4.77. The standard InChI is InChI=1S/C9H17N3/c1-7-4-3-5-9(6-7)12-11-8(2)10/h7H,3-6H2,1-2H3,(H2,10,11)/b12-9+/t7-/m0/s1. The van der Waals surface area contributed by atoms with Crippen LogP contribution in [0.5, 0.6) is 0 Å². The Kier molecular flexibility index (Phi) is 3.26. The molecule has 0 aliphatic heterocycles. The summed E-state index contributed by atoms with van der Waals surface area (Å²) in [4.78, 5) is 0. The first-order chi connectivity index (χ1) is 5.68. The number of hydrogen-bond acceptors (Lipinski definition) is 2. The van der Waals surface area contributed by atoms with E-state index >= 15 is 0 Å². The van der Waals surface area contributed by atoms with Crippen molar-refractivity contribution in [3.8, 4) is 0 Å². The SMILES string of the molecule is C/C(N)=N\N=C1/CCC[C@H](C)C1. The largest absolute Gasteiger partial charge is 0.386 e. The Balaban J connectivity index is 2.51. The summed E-state index contributed by atoms with van der Waals surface area (Å²) >= 11 is 0. The third kappa shape index (κ3) is 3.03. The molecule has 1 fully saturated rings. The van der Waals surface area contributed by atoms with E-state index in [1.807, 2.05) is 0 Å². The Bertz CT molecular complexity index is 202. The molecule has 1 saturated carbocycles. The second-order valence-electron chi connectivity index (χ2n) is 3.61. The summed E-state index contributed by atoms with van der Waals surface area (Å²) in [5, 5.41) is 7.98. The fourth-order valence-electron chi connectivity index (χ4n) is 1.50. The Morgan fingerprint density at radius 1 is 1.58 bits per heavy atom. The van der Waals surface area contributed by atoms with Gasteiger partial charge in [0.1, 0.15) is 5.84 Å². The topological polar surface area (TPSA) is 50.7 Å². The predicted molar refractivity (Wildman–Crippen MR) is 52.4 cm³/mol. The Morgan fingerprint density at radius 3 is 2.92 bits per heavy atom. The number of nitrogens with two attached hydrogens (primary N) is 1. The molecule has 1 atom stereocenters. The molecule has 3 nitrogen and oxygen atoms in total. The molecule has 1 aliphatic carbocycles. The van der Waals surface area contributed by atoms with E-state index in [9.17, 15) is 0 Å². The fourth-order valence-corrected chi connectivity index (χ4v) is 1.50. The van der Waals surface area contributed by atoms with Crippen molar-refractivity contribution in [2.24, 2.45) is 21.9 Å². The van der Waals surface area contributed by atoms with Crippen LogP contribution in [0.3, 0.4) is 0 Å². The number of hydrogen-bond donors (Lipinski definition) is 1. The summed E-state index contributed by atoms with van der Waals surface area (Å²) in [5.74, 6) is 1.31. The molecule has 2 N–H and O–H groups in total. The third-order valence-electron chi connectivity index (χ3n) is 2.10. The average Bonchev–Trinajstić information content (AvgIpc) is 2.01. The van der Waals surface area contributed by atoms with Gasteiger partial charge < -0.3 is 5.73 Å². The molecule has 12 heavy (non-hydrogen) atoms. The molecule has 0 heterocycles. The van der Waals surface area contributed by atoms with Gasteiger partial charge in [0.2, 0.25) is 0 Å². The molecule has 0 saturated heterocycles. The minimum absolute atomic E-state index is 0.542. The Hall–Kier alpha value is -0.860. The van der Waals surface area contributed by atoms with Crippen LogP contribution >= 0.6 is 0 Å². The van der Waals surface area contributed by atoms with Crippen LogP contribution in [0.1, 0.15) is 39.5 Å². The second-order valence-corrected chi connectivity index (χ2v) is 3.61. The molecular formula is C9H17N3.